The highest BCUT2D eigenvalue weighted by Gasteiger charge is 2.41. The Bertz CT molecular complexity index is 530. The maximum absolute atomic E-state index is 12.6. The molecule has 1 fully saturated rings. The zero-order chi connectivity index (χ0) is 14.9. The molecule has 2 rings (SSSR count). The molecule has 1 aliphatic heterocycles. The number of thioether (sulfide) groups is 1. The number of nitrogens with zero attached hydrogens (tertiary/aromatic N) is 1. The van der Waals surface area contributed by atoms with Gasteiger partial charge in [0.15, 0.2) is 0 Å². The second-order valence-electron chi connectivity index (χ2n) is 5.30. The van der Waals surface area contributed by atoms with E-state index in [1.54, 1.807) is 23.6 Å². The van der Waals surface area contributed by atoms with Crippen LogP contribution in [0.4, 0.5) is 5.69 Å². The lowest BCUT2D eigenvalue weighted by molar-refractivity contribution is -0.134. The van der Waals surface area contributed by atoms with Crippen LogP contribution in [0.15, 0.2) is 29.2 Å². The predicted octanol–water partition coefficient (Wildman–Crippen LogP) is 2.28. The molecule has 108 valence electrons. The number of rotatable bonds is 3. The quantitative estimate of drug-likeness (QED) is 0.870. The van der Waals surface area contributed by atoms with Crippen LogP contribution >= 0.6 is 11.8 Å². The molecule has 0 radical (unpaired) electrons. The summed E-state index contributed by atoms with van der Waals surface area (Å²) >= 11 is 1.58. The van der Waals surface area contributed by atoms with Crippen molar-refractivity contribution in [2.45, 2.75) is 37.8 Å². The minimum absolute atomic E-state index is 0.0511. The average Bonchev–Trinajstić information content (AvgIpc) is 2.42. The van der Waals surface area contributed by atoms with E-state index in [-0.39, 0.29) is 17.7 Å². The Morgan fingerprint density at radius 3 is 2.50 bits per heavy atom. The van der Waals surface area contributed by atoms with E-state index < -0.39 is 12.1 Å². The zero-order valence-electron chi connectivity index (χ0n) is 12.2. The van der Waals surface area contributed by atoms with Gasteiger partial charge in [-0.3, -0.25) is 14.5 Å². The number of anilines is 1. The smallest absolute Gasteiger partial charge is 0.250 e. The number of amides is 2. The molecule has 1 saturated heterocycles. The lowest BCUT2D eigenvalue weighted by atomic mass is 9.96. The van der Waals surface area contributed by atoms with Gasteiger partial charge in [-0.05, 0) is 31.2 Å². The van der Waals surface area contributed by atoms with Crippen molar-refractivity contribution >= 4 is 29.3 Å². The van der Waals surface area contributed by atoms with Gasteiger partial charge in [0.1, 0.15) is 12.1 Å². The monoisotopic (exact) mass is 292 g/mol. The molecule has 0 bridgehead atoms. The molecule has 20 heavy (non-hydrogen) atoms. The molecule has 2 unspecified atom stereocenters. The lowest BCUT2D eigenvalue weighted by Crippen LogP contribution is -2.64. The van der Waals surface area contributed by atoms with Crippen LogP contribution in [0, 0.1) is 5.92 Å². The summed E-state index contributed by atoms with van der Waals surface area (Å²) in [6, 6.07) is 6.79. The van der Waals surface area contributed by atoms with Gasteiger partial charge in [-0.25, -0.2) is 0 Å². The van der Waals surface area contributed by atoms with Crippen molar-refractivity contribution in [2.75, 3.05) is 11.2 Å². The summed E-state index contributed by atoms with van der Waals surface area (Å²) in [5.41, 5.74) is 0.824. The summed E-state index contributed by atoms with van der Waals surface area (Å²) in [6.07, 6.45) is 1.97. The largest absolute Gasteiger partial charge is 0.343 e. The third-order valence-corrected chi connectivity index (χ3v) is 4.27. The van der Waals surface area contributed by atoms with Crippen molar-refractivity contribution in [3.8, 4) is 0 Å². The average molecular weight is 292 g/mol. The molecular weight excluding hydrogens is 272 g/mol. The minimum atomic E-state index is -0.479. The fourth-order valence-electron chi connectivity index (χ4n) is 2.52. The van der Waals surface area contributed by atoms with Crippen LogP contribution in [0.1, 0.15) is 20.8 Å². The Balaban J connectivity index is 2.52. The van der Waals surface area contributed by atoms with Crippen molar-refractivity contribution in [3.05, 3.63) is 24.3 Å². The van der Waals surface area contributed by atoms with Gasteiger partial charge in [-0.1, -0.05) is 26.0 Å². The van der Waals surface area contributed by atoms with Gasteiger partial charge >= 0.3 is 0 Å². The number of hydrogen-bond donors (Lipinski definition) is 1. The molecule has 4 nitrogen and oxygen atoms in total. The predicted molar refractivity (Wildman–Crippen MR) is 81.9 cm³/mol. The van der Waals surface area contributed by atoms with Crippen LogP contribution in [0.25, 0.3) is 0 Å². The minimum Gasteiger partial charge on any atom is -0.343 e. The molecule has 0 saturated carbocycles. The van der Waals surface area contributed by atoms with Crippen molar-refractivity contribution in [2.24, 2.45) is 5.92 Å². The number of para-hydroxylation sites is 1. The van der Waals surface area contributed by atoms with Crippen molar-refractivity contribution in [1.29, 1.82) is 0 Å². The van der Waals surface area contributed by atoms with E-state index in [4.69, 9.17) is 0 Å². The Hall–Kier alpha value is -1.49. The van der Waals surface area contributed by atoms with Crippen LogP contribution in [0.3, 0.4) is 0 Å². The van der Waals surface area contributed by atoms with Crippen LogP contribution in [0.5, 0.6) is 0 Å². The number of benzene rings is 1. The Kier molecular flexibility index (Phi) is 4.38. The van der Waals surface area contributed by atoms with Crippen LogP contribution < -0.4 is 10.2 Å². The summed E-state index contributed by atoms with van der Waals surface area (Å²) in [5.74, 6) is -0.0748. The molecule has 0 spiro atoms. The van der Waals surface area contributed by atoms with E-state index in [1.165, 1.54) is 0 Å². The Morgan fingerprint density at radius 1 is 1.25 bits per heavy atom. The molecule has 5 heteroatoms. The van der Waals surface area contributed by atoms with Gasteiger partial charge < -0.3 is 5.32 Å². The first kappa shape index (κ1) is 14.9. The van der Waals surface area contributed by atoms with E-state index in [9.17, 15) is 9.59 Å². The molecule has 2 atom stereocenters. The third kappa shape index (κ3) is 2.54. The summed E-state index contributed by atoms with van der Waals surface area (Å²) in [4.78, 5) is 27.5. The Morgan fingerprint density at radius 2 is 1.90 bits per heavy atom. The number of carbonyl (C=O) groups excluding carboxylic acids is 2. The number of hydrogen-bond acceptors (Lipinski definition) is 3. The third-order valence-electron chi connectivity index (χ3n) is 3.49. The zero-order valence-corrected chi connectivity index (χ0v) is 13.0. The summed E-state index contributed by atoms with van der Waals surface area (Å²) in [7, 11) is 0. The fraction of sp³-hybridized carbons (Fsp3) is 0.467. The normalized spacial score (nSPS) is 23.1. The topological polar surface area (TPSA) is 49.4 Å². The summed E-state index contributed by atoms with van der Waals surface area (Å²) in [6.45, 7) is 5.65. The summed E-state index contributed by atoms with van der Waals surface area (Å²) in [5, 5.41) is 2.76. The number of carbonyl (C=O) groups is 2. The van der Waals surface area contributed by atoms with Gasteiger partial charge in [-0.2, -0.15) is 0 Å². The number of piperazine rings is 1. The molecule has 1 heterocycles. The highest BCUT2D eigenvalue weighted by molar-refractivity contribution is 7.98. The van der Waals surface area contributed by atoms with E-state index in [0.717, 1.165) is 10.6 Å². The first-order valence-corrected chi connectivity index (χ1v) is 7.96. The van der Waals surface area contributed by atoms with Gasteiger partial charge in [-0.15, -0.1) is 11.8 Å². The van der Waals surface area contributed by atoms with Gasteiger partial charge in [0, 0.05) is 4.90 Å². The molecule has 0 aliphatic carbocycles. The fourth-order valence-corrected chi connectivity index (χ4v) is 3.11. The van der Waals surface area contributed by atoms with E-state index in [2.05, 4.69) is 5.32 Å². The van der Waals surface area contributed by atoms with Crippen LogP contribution in [-0.4, -0.2) is 30.2 Å². The molecule has 1 aromatic rings. The van der Waals surface area contributed by atoms with Gasteiger partial charge in [0.2, 0.25) is 11.8 Å². The van der Waals surface area contributed by atoms with Crippen LogP contribution in [0.2, 0.25) is 0 Å². The molecular formula is C15H20N2O2S. The van der Waals surface area contributed by atoms with Gasteiger partial charge in [0.05, 0.1) is 5.69 Å². The van der Waals surface area contributed by atoms with Crippen molar-refractivity contribution < 1.29 is 9.59 Å². The van der Waals surface area contributed by atoms with Crippen molar-refractivity contribution in [1.82, 2.24) is 5.32 Å². The number of nitrogens with one attached hydrogen (secondary N) is 1. The molecule has 0 aromatic heterocycles. The second-order valence-corrected chi connectivity index (χ2v) is 6.15. The Labute approximate surface area is 123 Å². The summed E-state index contributed by atoms with van der Waals surface area (Å²) < 4.78 is 0. The molecule has 2 amide bonds. The maximum Gasteiger partial charge on any atom is 0.250 e. The highest BCUT2D eigenvalue weighted by Crippen LogP contribution is 2.33. The lowest BCUT2D eigenvalue weighted by Gasteiger charge is -2.40. The van der Waals surface area contributed by atoms with E-state index in [0.29, 0.717) is 0 Å². The molecule has 1 aliphatic rings. The molecule has 1 aromatic carbocycles. The highest BCUT2D eigenvalue weighted by atomic mass is 32.2. The van der Waals surface area contributed by atoms with E-state index in [1.807, 2.05) is 44.4 Å². The SMILES string of the molecule is CSc1ccccc1N1C(=O)C(C)NC(=O)C1C(C)C. The standard InChI is InChI=1S/C15H20N2O2S/c1-9(2)13-14(18)16-10(3)15(19)17(13)11-7-5-6-8-12(11)20-4/h5-10,13H,1-4H3,(H,16,18). The first-order chi connectivity index (χ1) is 9.47. The van der Waals surface area contributed by atoms with Gasteiger partial charge in [0.25, 0.3) is 0 Å². The molecule has 1 N–H and O–H groups in total. The first-order valence-electron chi connectivity index (χ1n) is 6.73. The van der Waals surface area contributed by atoms with E-state index >= 15 is 0 Å². The van der Waals surface area contributed by atoms with Crippen molar-refractivity contribution in [3.63, 3.8) is 0 Å². The maximum atomic E-state index is 12.6. The second kappa shape index (κ2) is 5.87. The van der Waals surface area contributed by atoms with Crippen LogP contribution in [-0.2, 0) is 9.59 Å².